The molecule has 0 unspecified atom stereocenters. The van der Waals surface area contributed by atoms with E-state index in [4.69, 9.17) is 0 Å². The van der Waals surface area contributed by atoms with Crippen LogP contribution in [-0.2, 0) is 16.6 Å². The standard InChI is InChI=1S/C20H29N5O3S/c1-4-22-12-11-21-20(22)24-15-13-23(14-16-24)19(26)17-7-9-18(10-8-17)29(27,28)25(5-2)6-3/h7-12H,4-6,13-16H2,1-3H3. The molecule has 0 aliphatic carbocycles. The predicted molar refractivity (Wildman–Crippen MR) is 113 cm³/mol. The third-order valence-electron chi connectivity index (χ3n) is 5.33. The predicted octanol–water partition coefficient (Wildman–Crippen LogP) is 1.90. The number of hydrogen-bond donors (Lipinski definition) is 0. The molecule has 29 heavy (non-hydrogen) atoms. The minimum absolute atomic E-state index is 0.0738. The Morgan fingerprint density at radius 1 is 1.03 bits per heavy atom. The van der Waals surface area contributed by atoms with Crippen LogP contribution in [0.25, 0.3) is 0 Å². The molecular weight excluding hydrogens is 390 g/mol. The highest BCUT2D eigenvalue weighted by Crippen LogP contribution is 2.19. The number of sulfonamides is 1. The first kappa shape index (κ1) is 21.3. The van der Waals surface area contributed by atoms with Gasteiger partial charge in [0.05, 0.1) is 4.90 Å². The number of piperazine rings is 1. The van der Waals surface area contributed by atoms with Crippen molar-refractivity contribution in [2.24, 2.45) is 0 Å². The molecule has 0 radical (unpaired) electrons. The van der Waals surface area contributed by atoms with Gasteiger partial charge >= 0.3 is 0 Å². The zero-order valence-corrected chi connectivity index (χ0v) is 18.1. The summed E-state index contributed by atoms with van der Waals surface area (Å²) in [5, 5.41) is 0. The van der Waals surface area contributed by atoms with Crippen molar-refractivity contribution in [3.05, 3.63) is 42.2 Å². The molecule has 1 fully saturated rings. The maximum absolute atomic E-state index is 12.8. The van der Waals surface area contributed by atoms with Crippen molar-refractivity contribution in [3.8, 4) is 0 Å². The first-order chi connectivity index (χ1) is 13.9. The maximum atomic E-state index is 12.8. The van der Waals surface area contributed by atoms with Gasteiger partial charge in [0.25, 0.3) is 5.91 Å². The van der Waals surface area contributed by atoms with Gasteiger partial charge in [0, 0.05) is 63.8 Å². The highest BCUT2D eigenvalue weighted by molar-refractivity contribution is 7.89. The summed E-state index contributed by atoms with van der Waals surface area (Å²) in [5.74, 6) is 0.862. The zero-order chi connectivity index (χ0) is 21.0. The summed E-state index contributed by atoms with van der Waals surface area (Å²) in [6.07, 6.45) is 3.75. The summed E-state index contributed by atoms with van der Waals surface area (Å²) >= 11 is 0. The first-order valence-electron chi connectivity index (χ1n) is 10.1. The number of aryl methyl sites for hydroxylation is 1. The highest BCUT2D eigenvalue weighted by atomic mass is 32.2. The molecule has 0 atom stereocenters. The van der Waals surface area contributed by atoms with Crippen LogP contribution < -0.4 is 4.90 Å². The first-order valence-corrected chi connectivity index (χ1v) is 11.5. The normalized spacial score (nSPS) is 15.2. The summed E-state index contributed by atoms with van der Waals surface area (Å²) in [4.78, 5) is 21.5. The van der Waals surface area contributed by atoms with E-state index < -0.39 is 10.0 Å². The molecule has 1 amide bonds. The van der Waals surface area contributed by atoms with Gasteiger partial charge in [-0.1, -0.05) is 13.8 Å². The minimum atomic E-state index is -3.52. The molecule has 1 aromatic heterocycles. The molecule has 1 aromatic carbocycles. The second kappa shape index (κ2) is 8.96. The quantitative estimate of drug-likeness (QED) is 0.685. The van der Waals surface area contributed by atoms with E-state index in [1.54, 1.807) is 18.3 Å². The molecule has 0 N–H and O–H groups in total. The fourth-order valence-corrected chi connectivity index (χ4v) is 5.06. The zero-order valence-electron chi connectivity index (χ0n) is 17.3. The Bertz CT molecular complexity index is 927. The van der Waals surface area contributed by atoms with E-state index in [1.807, 2.05) is 24.9 Å². The van der Waals surface area contributed by atoms with Gasteiger partial charge in [-0.3, -0.25) is 4.79 Å². The summed E-state index contributed by atoms with van der Waals surface area (Å²) in [5.41, 5.74) is 0.506. The van der Waals surface area contributed by atoms with Gasteiger partial charge in [-0.05, 0) is 31.2 Å². The number of carbonyl (C=O) groups is 1. The molecule has 1 aliphatic heterocycles. The van der Waals surface area contributed by atoms with Gasteiger partial charge in [-0.2, -0.15) is 4.31 Å². The molecule has 1 saturated heterocycles. The number of benzene rings is 1. The van der Waals surface area contributed by atoms with Crippen LogP contribution in [0.15, 0.2) is 41.6 Å². The molecule has 1 aliphatic rings. The van der Waals surface area contributed by atoms with Crippen molar-refractivity contribution in [1.82, 2.24) is 18.8 Å². The lowest BCUT2D eigenvalue weighted by Crippen LogP contribution is -2.49. The lowest BCUT2D eigenvalue weighted by molar-refractivity contribution is 0.0746. The number of nitrogens with zero attached hydrogens (tertiary/aromatic N) is 5. The van der Waals surface area contributed by atoms with Crippen molar-refractivity contribution in [2.75, 3.05) is 44.2 Å². The number of imidazole rings is 1. The van der Waals surface area contributed by atoms with Crippen LogP contribution >= 0.6 is 0 Å². The van der Waals surface area contributed by atoms with Crippen LogP contribution in [0.3, 0.4) is 0 Å². The average Bonchev–Trinajstić information content (AvgIpc) is 3.23. The summed E-state index contributed by atoms with van der Waals surface area (Å²) in [6, 6.07) is 6.26. The Morgan fingerprint density at radius 3 is 2.21 bits per heavy atom. The van der Waals surface area contributed by atoms with Crippen LogP contribution in [-0.4, -0.2) is 72.3 Å². The van der Waals surface area contributed by atoms with Gasteiger partial charge < -0.3 is 14.4 Å². The number of aromatic nitrogens is 2. The molecule has 8 nitrogen and oxygen atoms in total. The molecule has 2 heterocycles. The molecule has 2 aromatic rings. The Balaban J connectivity index is 1.66. The van der Waals surface area contributed by atoms with Crippen molar-refractivity contribution < 1.29 is 13.2 Å². The Labute approximate surface area is 172 Å². The molecule has 0 saturated carbocycles. The van der Waals surface area contributed by atoms with E-state index in [0.29, 0.717) is 31.7 Å². The van der Waals surface area contributed by atoms with E-state index >= 15 is 0 Å². The SMILES string of the molecule is CCN(CC)S(=O)(=O)c1ccc(C(=O)N2CCN(c3nccn3CC)CC2)cc1. The van der Waals surface area contributed by atoms with E-state index in [0.717, 1.165) is 25.6 Å². The molecule has 0 bridgehead atoms. The number of rotatable bonds is 7. The second-order valence-electron chi connectivity index (χ2n) is 6.91. The topological polar surface area (TPSA) is 78.8 Å². The van der Waals surface area contributed by atoms with Gasteiger partial charge in [0.15, 0.2) is 0 Å². The third-order valence-corrected chi connectivity index (χ3v) is 7.39. The Morgan fingerprint density at radius 2 is 1.66 bits per heavy atom. The van der Waals surface area contributed by atoms with Crippen LogP contribution in [0.2, 0.25) is 0 Å². The van der Waals surface area contributed by atoms with E-state index in [1.165, 1.54) is 16.4 Å². The molecular formula is C20H29N5O3S. The lowest BCUT2D eigenvalue weighted by atomic mass is 10.2. The van der Waals surface area contributed by atoms with Gasteiger partial charge in [0.2, 0.25) is 16.0 Å². The van der Waals surface area contributed by atoms with Crippen molar-refractivity contribution in [1.29, 1.82) is 0 Å². The van der Waals surface area contributed by atoms with E-state index in [2.05, 4.69) is 21.4 Å². The largest absolute Gasteiger partial charge is 0.339 e. The van der Waals surface area contributed by atoms with E-state index in [-0.39, 0.29) is 10.8 Å². The van der Waals surface area contributed by atoms with Gasteiger partial charge in [-0.15, -0.1) is 0 Å². The molecule has 3 rings (SSSR count). The number of hydrogen-bond acceptors (Lipinski definition) is 5. The Kier molecular flexibility index (Phi) is 6.59. The number of carbonyl (C=O) groups excluding carboxylic acids is 1. The van der Waals surface area contributed by atoms with Gasteiger partial charge in [0.1, 0.15) is 0 Å². The second-order valence-corrected chi connectivity index (χ2v) is 8.84. The van der Waals surface area contributed by atoms with Crippen LogP contribution in [0, 0.1) is 0 Å². The summed E-state index contributed by atoms with van der Waals surface area (Å²) < 4.78 is 28.7. The Hall–Kier alpha value is -2.39. The number of amides is 1. The molecule has 158 valence electrons. The lowest BCUT2D eigenvalue weighted by Gasteiger charge is -2.35. The fourth-order valence-electron chi connectivity index (χ4n) is 3.61. The van der Waals surface area contributed by atoms with Gasteiger partial charge in [-0.25, -0.2) is 13.4 Å². The maximum Gasteiger partial charge on any atom is 0.253 e. The monoisotopic (exact) mass is 419 g/mol. The minimum Gasteiger partial charge on any atom is -0.339 e. The van der Waals surface area contributed by atoms with Crippen LogP contribution in [0.5, 0.6) is 0 Å². The van der Waals surface area contributed by atoms with Crippen molar-refractivity contribution in [2.45, 2.75) is 32.2 Å². The average molecular weight is 420 g/mol. The highest BCUT2D eigenvalue weighted by Gasteiger charge is 2.25. The fraction of sp³-hybridized carbons (Fsp3) is 0.500. The van der Waals surface area contributed by atoms with E-state index in [9.17, 15) is 13.2 Å². The van der Waals surface area contributed by atoms with Crippen molar-refractivity contribution in [3.63, 3.8) is 0 Å². The molecule has 0 spiro atoms. The third kappa shape index (κ3) is 4.30. The van der Waals surface area contributed by atoms with Crippen LogP contribution in [0.4, 0.5) is 5.95 Å². The smallest absolute Gasteiger partial charge is 0.253 e. The molecule has 9 heteroatoms. The summed E-state index contributed by atoms with van der Waals surface area (Å²) in [6.45, 7) is 10.0. The van der Waals surface area contributed by atoms with Crippen molar-refractivity contribution >= 4 is 21.9 Å². The summed E-state index contributed by atoms with van der Waals surface area (Å²) in [7, 11) is -3.52. The number of anilines is 1. The van der Waals surface area contributed by atoms with Crippen LogP contribution in [0.1, 0.15) is 31.1 Å².